The Morgan fingerprint density at radius 1 is 1.04 bits per heavy atom. The van der Waals surface area contributed by atoms with E-state index in [1.54, 1.807) is 5.57 Å². The number of unbranched alkanes of at least 4 members (excludes halogenated alkanes) is 1. The third-order valence-corrected chi connectivity index (χ3v) is 17.6. The van der Waals surface area contributed by atoms with Crippen LogP contribution in [-0.2, 0) is 35.1 Å². The highest BCUT2D eigenvalue weighted by Crippen LogP contribution is 2.75. The minimum Gasteiger partial charge on any atom is -0.591 e. The Labute approximate surface area is 327 Å². The fourth-order valence-electron chi connectivity index (χ4n) is 12.6. The zero-order valence-corrected chi connectivity index (χ0v) is 37.2. The lowest BCUT2D eigenvalue weighted by molar-refractivity contribution is -0.270. The molecule has 1 aliphatic heterocycles. The lowest BCUT2D eigenvalue weighted by atomic mass is 9.34. The van der Waals surface area contributed by atoms with Gasteiger partial charge in [0.25, 0.3) is 0 Å². The SMILES string of the molecule is CCCCOC(=O)[C@@H]1[C@@](C)([C@H](C)C(C)C)CC[C@]2(C)[C@H]3CC[C@@H]4[C@@]5(COC[C@]4(C)[C@@H](OC(C)C(=N[S+]([O-])C(C)(C)C)C(C)C)[C@H](OC)C5)C3=CC[C@@]12C. The summed E-state index contributed by atoms with van der Waals surface area (Å²) in [5.74, 6) is 1.60. The number of carbonyl (C=O) groups excluding carboxylic acids is 1. The quantitative estimate of drug-likeness (QED) is 0.0647. The number of ether oxygens (including phenoxy) is 4. The molecule has 13 atom stereocenters. The van der Waals surface area contributed by atoms with Gasteiger partial charge in [0.05, 0.1) is 49.8 Å². The van der Waals surface area contributed by atoms with Gasteiger partial charge >= 0.3 is 5.97 Å². The maximum atomic E-state index is 14.5. The Hall–Kier alpha value is -0.930. The van der Waals surface area contributed by atoms with E-state index in [1.165, 1.54) is 0 Å². The predicted octanol–water partition coefficient (Wildman–Crippen LogP) is 10.2. The molecule has 2 bridgehead atoms. The van der Waals surface area contributed by atoms with Crippen molar-refractivity contribution in [1.82, 2.24) is 0 Å². The van der Waals surface area contributed by atoms with Crippen LogP contribution in [0.15, 0.2) is 16.0 Å². The maximum absolute atomic E-state index is 14.5. The summed E-state index contributed by atoms with van der Waals surface area (Å²) in [7, 11) is 1.84. The Morgan fingerprint density at radius 3 is 2.30 bits per heavy atom. The minimum atomic E-state index is -1.37. The average Bonchev–Trinajstić information content (AvgIpc) is 3.07. The first-order valence-electron chi connectivity index (χ1n) is 21.2. The highest BCUT2D eigenvalue weighted by atomic mass is 32.2. The van der Waals surface area contributed by atoms with Crippen molar-refractivity contribution in [3.8, 4) is 0 Å². The molecule has 304 valence electrons. The molecule has 0 spiro atoms. The van der Waals surface area contributed by atoms with Crippen molar-refractivity contribution in [3.63, 3.8) is 0 Å². The summed E-state index contributed by atoms with van der Waals surface area (Å²) >= 11 is -1.37. The molecule has 53 heavy (non-hydrogen) atoms. The van der Waals surface area contributed by atoms with Crippen LogP contribution < -0.4 is 0 Å². The van der Waals surface area contributed by atoms with Crippen molar-refractivity contribution >= 4 is 23.0 Å². The molecule has 5 aliphatic rings. The van der Waals surface area contributed by atoms with Crippen molar-refractivity contribution in [2.24, 2.45) is 67.0 Å². The molecular weight excluding hydrogens is 683 g/mol. The molecule has 0 radical (unpaired) electrons. The van der Waals surface area contributed by atoms with Gasteiger partial charge in [-0.3, -0.25) is 4.79 Å². The topological polar surface area (TPSA) is 89.4 Å². The van der Waals surface area contributed by atoms with Crippen LogP contribution in [0.4, 0.5) is 0 Å². The number of allylic oxidation sites excluding steroid dienone is 1. The number of carbonyl (C=O) groups is 1. The molecule has 4 fully saturated rings. The van der Waals surface area contributed by atoms with E-state index in [0.717, 1.165) is 57.1 Å². The molecule has 4 aliphatic carbocycles. The molecule has 2 unspecified atom stereocenters. The third kappa shape index (κ3) is 7.05. The van der Waals surface area contributed by atoms with Crippen molar-refractivity contribution in [1.29, 1.82) is 0 Å². The van der Waals surface area contributed by atoms with Gasteiger partial charge in [-0.05, 0) is 118 Å². The van der Waals surface area contributed by atoms with E-state index in [9.17, 15) is 9.35 Å². The van der Waals surface area contributed by atoms with Gasteiger partial charge in [0.2, 0.25) is 0 Å². The summed E-state index contributed by atoms with van der Waals surface area (Å²) < 4.78 is 44.1. The van der Waals surface area contributed by atoms with Gasteiger partial charge in [-0.1, -0.05) is 91.7 Å². The van der Waals surface area contributed by atoms with Crippen LogP contribution in [0.5, 0.6) is 0 Å². The molecule has 3 saturated carbocycles. The number of fused-ring (bicyclic) bond motifs is 3. The second-order valence-electron chi connectivity index (χ2n) is 20.7. The number of methoxy groups -OCH3 is 1. The molecule has 0 aromatic heterocycles. The van der Waals surface area contributed by atoms with Gasteiger partial charge in [-0.25, -0.2) is 0 Å². The van der Waals surface area contributed by atoms with Gasteiger partial charge in [-0.2, -0.15) is 0 Å². The predicted molar refractivity (Wildman–Crippen MR) is 217 cm³/mol. The first-order valence-corrected chi connectivity index (χ1v) is 22.3. The van der Waals surface area contributed by atoms with E-state index in [1.807, 2.05) is 27.9 Å². The Morgan fingerprint density at radius 2 is 1.72 bits per heavy atom. The molecule has 5 rings (SSSR count). The molecular formula is C45H77NO6S. The van der Waals surface area contributed by atoms with Gasteiger partial charge in [0, 0.05) is 17.9 Å². The van der Waals surface area contributed by atoms with Crippen LogP contribution in [0.25, 0.3) is 0 Å². The molecule has 0 aromatic carbocycles. The summed E-state index contributed by atoms with van der Waals surface area (Å²) in [6.45, 7) is 33.0. The molecule has 8 heteroatoms. The zero-order valence-electron chi connectivity index (χ0n) is 36.4. The first kappa shape index (κ1) is 43.2. The van der Waals surface area contributed by atoms with E-state index >= 15 is 0 Å². The molecule has 0 N–H and O–H groups in total. The van der Waals surface area contributed by atoms with Crippen LogP contribution in [0.2, 0.25) is 0 Å². The summed E-state index contributed by atoms with van der Waals surface area (Å²) in [4.78, 5) is 14.5. The number of esters is 1. The molecule has 1 saturated heterocycles. The third-order valence-electron chi connectivity index (χ3n) is 16.2. The normalized spacial score (nSPS) is 41.9. The first-order chi connectivity index (χ1) is 24.6. The highest BCUT2D eigenvalue weighted by molar-refractivity contribution is 7.91. The second-order valence-corrected chi connectivity index (χ2v) is 22.6. The van der Waals surface area contributed by atoms with E-state index in [2.05, 4.69) is 82.2 Å². The van der Waals surface area contributed by atoms with Crippen LogP contribution >= 0.6 is 0 Å². The maximum Gasteiger partial charge on any atom is 0.310 e. The van der Waals surface area contributed by atoms with Gasteiger partial charge in [0.15, 0.2) is 0 Å². The largest absolute Gasteiger partial charge is 0.591 e. The van der Waals surface area contributed by atoms with E-state index in [0.29, 0.717) is 43.5 Å². The zero-order chi connectivity index (χ0) is 39.5. The van der Waals surface area contributed by atoms with Crippen LogP contribution in [0.3, 0.4) is 0 Å². The van der Waals surface area contributed by atoms with E-state index in [-0.39, 0.29) is 63.2 Å². The van der Waals surface area contributed by atoms with Crippen molar-refractivity contribution in [2.75, 3.05) is 26.9 Å². The van der Waals surface area contributed by atoms with Crippen LogP contribution in [0.1, 0.15) is 148 Å². The number of hydrogen-bond donors (Lipinski definition) is 0. The summed E-state index contributed by atoms with van der Waals surface area (Å²) in [6.07, 6.45) is 9.98. The number of hydrogen-bond acceptors (Lipinski definition) is 7. The summed E-state index contributed by atoms with van der Waals surface area (Å²) in [6, 6.07) is 0. The smallest absolute Gasteiger partial charge is 0.310 e. The summed E-state index contributed by atoms with van der Waals surface area (Å²) in [5, 5.41) is 0. The van der Waals surface area contributed by atoms with Gasteiger partial charge in [-0.15, -0.1) is 0 Å². The molecule has 0 aromatic rings. The molecule has 7 nitrogen and oxygen atoms in total. The van der Waals surface area contributed by atoms with Gasteiger partial charge in [0.1, 0.15) is 16.1 Å². The van der Waals surface area contributed by atoms with E-state index < -0.39 is 16.1 Å². The second kappa shape index (κ2) is 15.4. The highest BCUT2D eigenvalue weighted by Gasteiger charge is 2.72. The van der Waals surface area contributed by atoms with Crippen molar-refractivity contribution in [3.05, 3.63) is 11.6 Å². The van der Waals surface area contributed by atoms with Crippen LogP contribution in [0, 0.1) is 62.6 Å². The van der Waals surface area contributed by atoms with Crippen molar-refractivity contribution < 1.29 is 28.3 Å². The number of rotatable bonds is 12. The Kier molecular flexibility index (Phi) is 12.6. The lowest BCUT2D eigenvalue weighted by Crippen LogP contribution is -2.70. The molecule has 1 heterocycles. The number of nitrogens with zero attached hydrogens (tertiary/aromatic N) is 1. The summed E-state index contributed by atoms with van der Waals surface area (Å²) in [5.41, 5.74) is 1.59. The van der Waals surface area contributed by atoms with Crippen molar-refractivity contribution in [2.45, 2.75) is 171 Å². The fourth-order valence-corrected chi connectivity index (χ4v) is 13.4. The van der Waals surface area contributed by atoms with Gasteiger partial charge < -0.3 is 23.5 Å². The fraction of sp³-hybridized carbons (Fsp3) is 0.911. The molecule has 0 amide bonds. The monoisotopic (exact) mass is 760 g/mol. The average molecular weight is 760 g/mol. The van der Waals surface area contributed by atoms with E-state index in [4.69, 9.17) is 23.3 Å². The lowest BCUT2D eigenvalue weighted by Gasteiger charge is -2.71. The standard InChI is InChI=1S/C45H77NO6S/c1-16-17-24-51-39(47)37-41(11,30(6)28(2)3)22-23-43(13)32-18-19-35-42(12)26-50-27-45(35,33(32)20-21-44(37,43)14)25-34(49-15)38(42)52-31(7)36(29(4)5)46-53(48)40(8,9)10/h20,28-32,34-35,37-38H,16-19,21-27H2,1-15H3/t30-,31?,32+,34-,35+,37-,38+,41-,42+,43-,44+,45+,53?/m1/s1. The Bertz CT molecular complexity index is 1390. The van der Waals surface area contributed by atoms with Crippen LogP contribution in [-0.4, -0.2) is 66.2 Å². The minimum absolute atomic E-state index is 0.0287. The Balaban J connectivity index is 1.53.